The molecular formula is C16H33N3O7. The number of nitrogens with zero attached hydrogens (tertiary/aromatic N) is 2. The fourth-order valence-electron chi connectivity index (χ4n) is 2.59. The molecule has 0 bridgehead atoms. The summed E-state index contributed by atoms with van der Waals surface area (Å²) >= 11 is 0. The maximum Gasteiger partial charge on any atom is 0.323 e. The summed E-state index contributed by atoms with van der Waals surface area (Å²) in [7, 11) is 0. The standard InChI is InChI=1S/C16H33N3O7/c17-4-2-1-3-14(19(6-10-21)7-11-22)16(25)26-12-8-18(5-9-20)13-15(23)24/h14,20-22H,1-13,17H2,(H,23,24)/t14-/m0/s1. The Kier molecular flexibility index (Phi) is 15.1. The van der Waals surface area contributed by atoms with Crippen LogP contribution in [0.15, 0.2) is 0 Å². The van der Waals surface area contributed by atoms with Crippen LogP contribution in [-0.4, -0.2) is 114 Å². The van der Waals surface area contributed by atoms with Crippen molar-refractivity contribution >= 4 is 11.9 Å². The van der Waals surface area contributed by atoms with Crippen LogP contribution < -0.4 is 5.73 Å². The van der Waals surface area contributed by atoms with Crippen molar-refractivity contribution in [2.75, 3.05) is 65.7 Å². The molecule has 0 aromatic carbocycles. The number of ether oxygens (including phenoxy) is 1. The molecule has 6 N–H and O–H groups in total. The fourth-order valence-corrected chi connectivity index (χ4v) is 2.59. The molecule has 10 heteroatoms. The number of aliphatic carboxylic acids is 1. The Bertz CT molecular complexity index is 379. The summed E-state index contributed by atoms with van der Waals surface area (Å²) in [5.74, 6) is -1.51. The van der Waals surface area contributed by atoms with Crippen molar-refractivity contribution < 1.29 is 34.8 Å². The quantitative estimate of drug-likeness (QED) is 0.137. The summed E-state index contributed by atoms with van der Waals surface area (Å²) in [6.45, 7) is 0.588. The van der Waals surface area contributed by atoms with Crippen LogP contribution in [0.5, 0.6) is 0 Å². The Labute approximate surface area is 154 Å². The van der Waals surface area contributed by atoms with E-state index >= 15 is 0 Å². The van der Waals surface area contributed by atoms with Crippen LogP contribution in [0.1, 0.15) is 19.3 Å². The van der Waals surface area contributed by atoms with Crippen LogP contribution in [-0.2, 0) is 14.3 Å². The molecule has 0 amide bonds. The number of carbonyl (C=O) groups excluding carboxylic acids is 1. The highest BCUT2D eigenvalue weighted by molar-refractivity contribution is 5.75. The second kappa shape index (κ2) is 15.9. The van der Waals surface area contributed by atoms with Gasteiger partial charge in [-0.25, -0.2) is 0 Å². The predicted molar refractivity (Wildman–Crippen MR) is 94.6 cm³/mol. The molecule has 154 valence electrons. The monoisotopic (exact) mass is 379 g/mol. The van der Waals surface area contributed by atoms with Crippen molar-refractivity contribution in [2.45, 2.75) is 25.3 Å². The van der Waals surface area contributed by atoms with E-state index in [1.807, 2.05) is 0 Å². The molecule has 0 unspecified atom stereocenters. The molecule has 10 nitrogen and oxygen atoms in total. The van der Waals surface area contributed by atoms with E-state index in [0.717, 1.165) is 6.42 Å². The summed E-state index contributed by atoms with van der Waals surface area (Å²) in [6.07, 6.45) is 1.95. The van der Waals surface area contributed by atoms with Gasteiger partial charge >= 0.3 is 11.9 Å². The number of aliphatic hydroxyl groups is 3. The van der Waals surface area contributed by atoms with E-state index in [0.29, 0.717) is 19.4 Å². The molecule has 0 saturated carbocycles. The number of nitrogens with two attached hydrogens (primary N) is 1. The van der Waals surface area contributed by atoms with E-state index in [-0.39, 0.29) is 59.2 Å². The van der Waals surface area contributed by atoms with Crippen LogP contribution in [0.25, 0.3) is 0 Å². The van der Waals surface area contributed by atoms with Gasteiger partial charge in [0.2, 0.25) is 0 Å². The molecule has 0 aromatic rings. The number of esters is 1. The second-order valence-electron chi connectivity index (χ2n) is 5.84. The van der Waals surface area contributed by atoms with Gasteiger partial charge in [-0.3, -0.25) is 19.4 Å². The SMILES string of the molecule is NCCCC[C@@H](C(=O)OCCN(CCO)CC(=O)O)N(CCO)CCO. The van der Waals surface area contributed by atoms with E-state index in [2.05, 4.69) is 0 Å². The summed E-state index contributed by atoms with van der Waals surface area (Å²) in [5.41, 5.74) is 5.48. The molecule has 0 rings (SSSR count). The largest absolute Gasteiger partial charge is 0.480 e. The highest BCUT2D eigenvalue weighted by Gasteiger charge is 2.26. The zero-order chi connectivity index (χ0) is 19.8. The zero-order valence-electron chi connectivity index (χ0n) is 15.3. The number of hydrogen-bond acceptors (Lipinski definition) is 9. The van der Waals surface area contributed by atoms with Gasteiger partial charge in [0.05, 0.1) is 26.4 Å². The summed E-state index contributed by atoms with van der Waals surface area (Å²) < 4.78 is 5.28. The first-order valence-electron chi connectivity index (χ1n) is 8.87. The van der Waals surface area contributed by atoms with E-state index in [4.69, 9.17) is 20.7 Å². The van der Waals surface area contributed by atoms with Gasteiger partial charge in [0.25, 0.3) is 0 Å². The topological polar surface area (TPSA) is 157 Å². The van der Waals surface area contributed by atoms with Gasteiger partial charge in [-0.1, -0.05) is 6.42 Å². The second-order valence-corrected chi connectivity index (χ2v) is 5.84. The molecule has 1 atom stereocenters. The normalized spacial score (nSPS) is 12.5. The van der Waals surface area contributed by atoms with Crippen LogP contribution in [0, 0.1) is 0 Å². The van der Waals surface area contributed by atoms with Crippen molar-refractivity contribution in [3.05, 3.63) is 0 Å². The van der Waals surface area contributed by atoms with Crippen LogP contribution in [0.3, 0.4) is 0 Å². The first-order chi connectivity index (χ1) is 12.5. The van der Waals surface area contributed by atoms with E-state index in [9.17, 15) is 19.8 Å². The maximum absolute atomic E-state index is 12.4. The van der Waals surface area contributed by atoms with Gasteiger partial charge in [-0.05, 0) is 19.4 Å². The van der Waals surface area contributed by atoms with E-state index in [1.165, 1.54) is 4.90 Å². The van der Waals surface area contributed by atoms with E-state index < -0.39 is 18.0 Å². The third-order valence-corrected chi connectivity index (χ3v) is 3.85. The zero-order valence-corrected chi connectivity index (χ0v) is 15.3. The Hall–Kier alpha value is -1.30. The van der Waals surface area contributed by atoms with Crippen LogP contribution >= 0.6 is 0 Å². The van der Waals surface area contributed by atoms with Gasteiger partial charge in [-0.15, -0.1) is 0 Å². The molecule has 0 fully saturated rings. The van der Waals surface area contributed by atoms with Crippen molar-refractivity contribution in [1.82, 2.24) is 9.80 Å². The van der Waals surface area contributed by atoms with Gasteiger partial charge < -0.3 is 30.9 Å². The number of carboxylic acids is 1. The smallest absolute Gasteiger partial charge is 0.323 e. The molecule has 0 spiro atoms. The lowest BCUT2D eigenvalue weighted by Gasteiger charge is -2.29. The summed E-state index contributed by atoms with van der Waals surface area (Å²) in [5, 5.41) is 36.1. The summed E-state index contributed by atoms with van der Waals surface area (Å²) in [4.78, 5) is 26.4. The van der Waals surface area contributed by atoms with Crippen molar-refractivity contribution in [3.8, 4) is 0 Å². The highest BCUT2D eigenvalue weighted by Crippen LogP contribution is 2.11. The van der Waals surface area contributed by atoms with Crippen molar-refractivity contribution in [2.24, 2.45) is 5.73 Å². The lowest BCUT2D eigenvalue weighted by molar-refractivity contribution is -0.151. The molecule has 0 aromatic heterocycles. The van der Waals surface area contributed by atoms with Gasteiger partial charge in [0.15, 0.2) is 0 Å². The lowest BCUT2D eigenvalue weighted by atomic mass is 10.1. The maximum atomic E-state index is 12.4. The predicted octanol–water partition coefficient (Wildman–Crippen LogP) is -2.31. The third kappa shape index (κ3) is 11.3. The van der Waals surface area contributed by atoms with Crippen molar-refractivity contribution in [3.63, 3.8) is 0 Å². The van der Waals surface area contributed by atoms with Crippen molar-refractivity contribution in [1.29, 1.82) is 0 Å². The van der Waals surface area contributed by atoms with Gasteiger partial charge in [0, 0.05) is 26.2 Å². The number of aliphatic hydroxyl groups excluding tert-OH is 3. The molecule has 0 aliphatic heterocycles. The number of carbonyl (C=O) groups is 2. The first-order valence-corrected chi connectivity index (χ1v) is 8.87. The number of hydrogen-bond donors (Lipinski definition) is 5. The average molecular weight is 379 g/mol. The third-order valence-electron chi connectivity index (χ3n) is 3.85. The molecular weight excluding hydrogens is 346 g/mol. The number of carboxylic acid groups (broad SMARTS) is 1. The molecule has 0 aliphatic carbocycles. The van der Waals surface area contributed by atoms with E-state index in [1.54, 1.807) is 4.90 Å². The number of unbranched alkanes of at least 4 members (excludes halogenated alkanes) is 1. The first kappa shape index (κ1) is 24.7. The number of rotatable bonds is 17. The van der Waals surface area contributed by atoms with Gasteiger partial charge in [-0.2, -0.15) is 0 Å². The Morgan fingerprint density at radius 2 is 1.58 bits per heavy atom. The van der Waals surface area contributed by atoms with Crippen LogP contribution in [0.2, 0.25) is 0 Å². The highest BCUT2D eigenvalue weighted by atomic mass is 16.5. The Balaban J connectivity index is 4.69. The Morgan fingerprint density at radius 1 is 0.962 bits per heavy atom. The fraction of sp³-hybridized carbons (Fsp3) is 0.875. The molecule has 26 heavy (non-hydrogen) atoms. The molecule has 0 radical (unpaired) electrons. The molecule has 0 heterocycles. The molecule has 0 saturated heterocycles. The summed E-state index contributed by atoms with van der Waals surface area (Å²) in [6, 6.07) is -0.605. The molecule has 0 aliphatic rings. The minimum atomic E-state index is -1.03. The average Bonchev–Trinajstić information content (AvgIpc) is 2.58. The lowest BCUT2D eigenvalue weighted by Crippen LogP contribution is -2.45. The Morgan fingerprint density at radius 3 is 2.08 bits per heavy atom. The minimum absolute atomic E-state index is 0.00834. The minimum Gasteiger partial charge on any atom is -0.480 e. The van der Waals surface area contributed by atoms with Crippen LogP contribution in [0.4, 0.5) is 0 Å². The van der Waals surface area contributed by atoms with Gasteiger partial charge in [0.1, 0.15) is 12.6 Å².